The van der Waals surface area contributed by atoms with Gasteiger partial charge in [0, 0.05) is 25.7 Å². The second-order valence-electron chi connectivity index (χ2n) is 5.80. The molecule has 0 unspecified atom stereocenters. The van der Waals surface area contributed by atoms with Crippen molar-refractivity contribution in [3.63, 3.8) is 0 Å². The molecule has 1 atom stereocenters. The van der Waals surface area contributed by atoms with Crippen LogP contribution in [-0.4, -0.2) is 26.6 Å². The summed E-state index contributed by atoms with van der Waals surface area (Å²) in [6, 6.07) is 15.8. The van der Waals surface area contributed by atoms with Gasteiger partial charge in [0.15, 0.2) is 0 Å². The number of fused-ring (bicyclic) bond motifs is 1. The van der Waals surface area contributed by atoms with Crippen LogP contribution >= 0.6 is 0 Å². The number of hydrogen-bond acceptors (Lipinski definition) is 4. The van der Waals surface area contributed by atoms with Crippen molar-refractivity contribution in [3.05, 3.63) is 72.1 Å². The molecular formula is C19H16N4O. The third-order valence-corrected chi connectivity index (χ3v) is 4.22. The zero-order valence-electron chi connectivity index (χ0n) is 13.3. The van der Waals surface area contributed by atoms with Crippen LogP contribution in [0, 0.1) is 0 Å². The minimum absolute atomic E-state index is 0.0647. The lowest BCUT2D eigenvalue weighted by Crippen LogP contribution is -2.24. The van der Waals surface area contributed by atoms with E-state index < -0.39 is 0 Å². The highest BCUT2D eigenvalue weighted by atomic mass is 16.2. The van der Waals surface area contributed by atoms with Crippen LogP contribution in [0.3, 0.4) is 0 Å². The lowest BCUT2D eigenvalue weighted by Gasteiger charge is -2.20. The zero-order valence-corrected chi connectivity index (χ0v) is 13.3. The molecule has 0 saturated heterocycles. The lowest BCUT2D eigenvalue weighted by atomic mass is 9.98. The predicted molar refractivity (Wildman–Crippen MR) is 92.4 cm³/mol. The normalized spacial score (nSPS) is 17.1. The summed E-state index contributed by atoms with van der Waals surface area (Å²) in [5, 5.41) is 6.13. The molecule has 1 amide bonds. The van der Waals surface area contributed by atoms with E-state index in [9.17, 15) is 4.79 Å². The second kappa shape index (κ2) is 5.85. The Kier molecular flexibility index (Phi) is 3.54. The molecule has 4 rings (SSSR count). The maximum absolute atomic E-state index is 12.1. The number of carbonyl (C=O) groups is 1. The Bertz CT molecular complexity index is 936. The predicted octanol–water partition coefficient (Wildman–Crippen LogP) is 3.33. The number of hydrogen-bond donors (Lipinski definition) is 0. The van der Waals surface area contributed by atoms with E-state index in [1.807, 2.05) is 48.5 Å². The molecule has 0 bridgehead atoms. The van der Waals surface area contributed by atoms with Gasteiger partial charge in [0.25, 0.3) is 0 Å². The van der Waals surface area contributed by atoms with Crippen LogP contribution in [0.15, 0.2) is 66.0 Å². The maximum atomic E-state index is 12.1. The Balaban J connectivity index is 1.72. The van der Waals surface area contributed by atoms with Crippen molar-refractivity contribution in [1.82, 2.24) is 15.0 Å². The molecule has 0 aliphatic carbocycles. The number of aromatic nitrogens is 2. The molecule has 24 heavy (non-hydrogen) atoms. The zero-order chi connectivity index (χ0) is 16.5. The van der Waals surface area contributed by atoms with Crippen LogP contribution in [0.5, 0.6) is 0 Å². The standard InChI is InChI=1S/C19H16N4O/c1-13(24)23-19(12-17(22-23)14-5-3-2-4-6-14)15-7-8-16-18(11-15)21-10-9-20-16/h2-11,19H,12H2,1H3/t19-/m1/s1. The molecule has 5 heteroatoms. The van der Waals surface area contributed by atoms with Crippen molar-refractivity contribution in [2.24, 2.45) is 5.10 Å². The Morgan fingerprint density at radius 1 is 1.04 bits per heavy atom. The highest BCUT2D eigenvalue weighted by molar-refractivity contribution is 6.03. The number of rotatable bonds is 2. The molecule has 5 nitrogen and oxygen atoms in total. The lowest BCUT2D eigenvalue weighted by molar-refractivity contribution is -0.130. The van der Waals surface area contributed by atoms with Crippen molar-refractivity contribution < 1.29 is 4.79 Å². The van der Waals surface area contributed by atoms with Crippen LogP contribution in [0.4, 0.5) is 0 Å². The summed E-state index contributed by atoms with van der Waals surface area (Å²) in [5.41, 5.74) is 4.67. The largest absolute Gasteiger partial charge is 0.273 e. The van der Waals surface area contributed by atoms with Gasteiger partial charge in [-0.1, -0.05) is 36.4 Å². The third-order valence-electron chi connectivity index (χ3n) is 4.22. The Morgan fingerprint density at radius 3 is 2.54 bits per heavy atom. The molecule has 1 aromatic heterocycles. The fourth-order valence-corrected chi connectivity index (χ4v) is 3.05. The number of benzene rings is 2. The number of amides is 1. The molecule has 3 aromatic rings. The van der Waals surface area contributed by atoms with Crippen molar-refractivity contribution in [1.29, 1.82) is 0 Å². The van der Waals surface area contributed by atoms with Gasteiger partial charge in [0.2, 0.25) is 5.91 Å². The topological polar surface area (TPSA) is 58.5 Å². The van der Waals surface area contributed by atoms with Gasteiger partial charge in [-0.15, -0.1) is 0 Å². The van der Waals surface area contributed by atoms with Gasteiger partial charge in [-0.25, -0.2) is 5.01 Å². The molecule has 0 saturated carbocycles. The Morgan fingerprint density at radius 2 is 1.79 bits per heavy atom. The monoisotopic (exact) mass is 316 g/mol. The SMILES string of the molecule is CC(=O)N1N=C(c2ccccc2)C[C@@H]1c1ccc2nccnc2c1. The summed E-state index contributed by atoms with van der Waals surface area (Å²) in [5.74, 6) is -0.0647. The van der Waals surface area contributed by atoms with Gasteiger partial charge in [0.1, 0.15) is 0 Å². The minimum atomic E-state index is -0.107. The number of hydrazone groups is 1. The van der Waals surface area contributed by atoms with Gasteiger partial charge in [0.05, 0.1) is 22.8 Å². The second-order valence-corrected chi connectivity index (χ2v) is 5.80. The maximum Gasteiger partial charge on any atom is 0.240 e. The van der Waals surface area contributed by atoms with E-state index >= 15 is 0 Å². The van der Waals surface area contributed by atoms with Crippen LogP contribution < -0.4 is 0 Å². The van der Waals surface area contributed by atoms with Gasteiger partial charge in [-0.2, -0.15) is 5.10 Å². The van der Waals surface area contributed by atoms with Gasteiger partial charge < -0.3 is 0 Å². The summed E-state index contributed by atoms with van der Waals surface area (Å²) < 4.78 is 0. The Labute approximate surface area is 139 Å². The van der Waals surface area contributed by atoms with Crippen molar-refractivity contribution in [2.45, 2.75) is 19.4 Å². The van der Waals surface area contributed by atoms with Crippen LogP contribution in [0.25, 0.3) is 11.0 Å². The molecule has 0 N–H and O–H groups in total. The molecule has 1 aliphatic heterocycles. The summed E-state index contributed by atoms with van der Waals surface area (Å²) in [6.07, 6.45) is 4.04. The van der Waals surface area contributed by atoms with E-state index in [2.05, 4.69) is 15.1 Å². The molecule has 0 fully saturated rings. The molecular weight excluding hydrogens is 300 g/mol. The molecule has 2 aromatic carbocycles. The first-order valence-electron chi connectivity index (χ1n) is 7.86. The van der Waals surface area contributed by atoms with Crippen LogP contribution in [0.2, 0.25) is 0 Å². The van der Waals surface area contributed by atoms with E-state index in [1.54, 1.807) is 24.3 Å². The average Bonchev–Trinajstić information content (AvgIpc) is 3.08. The average molecular weight is 316 g/mol. The van der Waals surface area contributed by atoms with Crippen molar-refractivity contribution in [2.75, 3.05) is 0 Å². The van der Waals surface area contributed by atoms with Crippen molar-refractivity contribution in [3.8, 4) is 0 Å². The van der Waals surface area contributed by atoms with E-state index in [1.165, 1.54) is 0 Å². The summed E-state index contributed by atoms with van der Waals surface area (Å²) in [6.45, 7) is 1.55. The van der Waals surface area contributed by atoms with E-state index in [4.69, 9.17) is 0 Å². The molecule has 1 aliphatic rings. The first-order chi connectivity index (χ1) is 11.7. The fraction of sp³-hybridized carbons (Fsp3) is 0.158. The first kappa shape index (κ1) is 14.5. The van der Waals surface area contributed by atoms with Gasteiger partial charge in [-0.3, -0.25) is 14.8 Å². The highest BCUT2D eigenvalue weighted by Crippen LogP contribution is 2.33. The summed E-state index contributed by atoms with van der Waals surface area (Å²) >= 11 is 0. The van der Waals surface area contributed by atoms with E-state index in [-0.39, 0.29) is 11.9 Å². The van der Waals surface area contributed by atoms with E-state index in [0.29, 0.717) is 6.42 Å². The molecule has 118 valence electrons. The van der Waals surface area contributed by atoms with Crippen LogP contribution in [0.1, 0.15) is 30.5 Å². The minimum Gasteiger partial charge on any atom is -0.273 e. The van der Waals surface area contributed by atoms with E-state index in [0.717, 1.165) is 27.9 Å². The Hall–Kier alpha value is -3.08. The van der Waals surface area contributed by atoms with Crippen LogP contribution in [-0.2, 0) is 4.79 Å². The number of nitrogens with zero attached hydrogens (tertiary/aromatic N) is 4. The van der Waals surface area contributed by atoms with Crippen molar-refractivity contribution >= 4 is 22.7 Å². The fourth-order valence-electron chi connectivity index (χ4n) is 3.05. The first-order valence-corrected chi connectivity index (χ1v) is 7.86. The highest BCUT2D eigenvalue weighted by Gasteiger charge is 2.31. The molecule has 2 heterocycles. The van der Waals surface area contributed by atoms with Gasteiger partial charge >= 0.3 is 0 Å². The number of carbonyl (C=O) groups excluding carboxylic acids is 1. The summed E-state index contributed by atoms with van der Waals surface area (Å²) in [7, 11) is 0. The summed E-state index contributed by atoms with van der Waals surface area (Å²) in [4.78, 5) is 20.7. The molecule has 0 spiro atoms. The smallest absolute Gasteiger partial charge is 0.240 e. The quantitative estimate of drug-likeness (QED) is 0.728. The molecule has 0 radical (unpaired) electrons. The van der Waals surface area contributed by atoms with Gasteiger partial charge in [-0.05, 0) is 23.3 Å². The third kappa shape index (κ3) is 2.54.